The van der Waals surface area contributed by atoms with Gasteiger partial charge in [0.25, 0.3) is 0 Å². The monoisotopic (exact) mass is 638 g/mol. The summed E-state index contributed by atoms with van der Waals surface area (Å²) in [5.41, 5.74) is 0. The van der Waals surface area contributed by atoms with Gasteiger partial charge in [0, 0.05) is 32.0 Å². The molecule has 0 saturated carbocycles. The molecule has 0 aromatic heterocycles. The maximum Gasteiger partial charge on any atom is 0.342 e. The summed E-state index contributed by atoms with van der Waals surface area (Å²) in [7, 11) is -6.63. The minimum Gasteiger partial charge on any atom is -0.379 e. The molecule has 3 atom stereocenters. The van der Waals surface area contributed by atoms with Crippen LogP contribution in [0.2, 0.25) is 0 Å². The predicted molar refractivity (Wildman–Crippen MR) is 149 cm³/mol. The fourth-order valence-corrected chi connectivity index (χ4v) is 5.00. The van der Waals surface area contributed by atoms with Gasteiger partial charge in [0.2, 0.25) is 17.7 Å². The normalized spacial score (nSPS) is 15.5. The SMILES string of the molecule is CCC.CCP(O)OP(O)OP(O)OCCNC(=O)CCOCCOCCOCCOCCN1C(=O)CCC1=O. The predicted octanol–water partition coefficient (Wildman–Crippen LogP) is 1.94. The van der Waals surface area contributed by atoms with Gasteiger partial charge in [-0.05, 0) is 0 Å². The van der Waals surface area contributed by atoms with Crippen molar-refractivity contribution in [2.75, 3.05) is 78.7 Å². The van der Waals surface area contributed by atoms with Gasteiger partial charge in [0.15, 0.2) is 8.38 Å². The number of nitrogens with one attached hydrogen (secondary N) is 1. The van der Waals surface area contributed by atoms with Crippen LogP contribution in [-0.2, 0) is 46.5 Å². The van der Waals surface area contributed by atoms with Crippen LogP contribution >= 0.6 is 25.6 Å². The van der Waals surface area contributed by atoms with Crippen molar-refractivity contribution in [3.63, 3.8) is 0 Å². The number of nitrogens with zero attached hydrogens (tertiary/aromatic N) is 1. The zero-order chi connectivity index (χ0) is 30.0. The van der Waals surface area contributed by atoms with E-state index in [2.05, 4.69) is 23.5 Å². The molecule has 1 rings (SSSR count). The molecule has 1 aliphatic heterocycles. The third kappa shape index (κ3) is 23.1. The molecule has 1 saturated heterocycles. The Morgan fingerprint density at radius 2 is 1.27 bits per heavy atom. The van der Waals surface area contributed by atoms with Gasteiger partial charge >= 0.3 is 17.2 Å². The number of hydrogen-bond acceptors (Lipinski definition) is 13. The minimum absolute atomic E-state index is 0.0394. The maximum atomic E-state index is 11.7. The molecule has 4 N–H and O–H groups in total. The topological polar surface area (TPSA) is 192 Å². The fourth-order valence-electron chi connectivity index (χ4n) is 2.59. The molecular weight excluding hydrogens is 593 g/mol. The number of carbonyl (C=O) groups excluding carboxylic acids is 3. The highest BCUT2D eigenvalue weighted by atomic mass is 31.3. The van der Waals surface area contributed by atoms with Crippen LogP contribution in [0.3, 0.4) is 0 Å². The lowest BCUT2D eigenvalue weighted by atomic mass is 10.4. The zero-order valence-electron chi connectivity index (χ0n) is 23.5. The highest BCUT2D eigenvalue weighted by Crippen LogP contribution is 2.56. The van der Waals surface area contributed by atoms with Gasteiger partial charge in [-0.15, -0.1) is 0 Å². The van der Waals surface area contributed by atoms with Crippen molar-refractivity contribution in [3.8, 4) is 0 Å². The lowest BCUT2D eigenvalue weighted by molar-refractivity contribution is -0.139. The van der Waals surface area contributed by atoms with Crippen LogP contribution in [0.1, 0.15) is 46.5 Å². The Balaban J connectivity index is 0.00000483. The van der Waals surface area contributed by atoms with Gasteiger partial charge in [0.1, 0.15) is 0 Å². The standard InChI is InChI=1S/C19H37N2O13P3.C3H8/c1-2-35(25)33-37(27)34-36(26)32-9-6-20-17(22)5-8-28-11-13-30-15-16-31-14-12-29-10-7-21-18(23)3-4-19(21)24;1-3-2/h25-27H,2-16H2,1H3,(H,20,22);3H2,1-2H3. The number of likely N-dealkylation sites (tertiary alicyclic amines) is 1. The first-order chi connectivity index (χ1) is 19.2. The zero-order valence-corrected chi connectivity index (χ0v) is 26.2. The molecule has 1 heterocycles. The third-order valence-electron chi connectivity index (χ3n) is 4.40. The summed E-state index contributed by atoms with van der Waals surface area (Å²) in [4.78, 5) is 64.0. The Morgan fingerprint density at radius 3 is 1.80 bits per heavy atom. The third-order valence-corrected chi connectivity index (χ3v) is 7.78. The van der Waals surface area contributed by atoms with Crippen molar-refractivity contribution >= 4 is 43.3 Å². The largest absolute Gasteiger partial charge is 0.379 e. The Labute approximate surface area is 240 Å². The highest BCUT2D eigenvalue weighted by Gasteiger charge is 2.28. The number of imide groups is 1. The van der Waals surface area contributed by atoms with E-state index in [0.29, 0.717) is 45.8 Å². The number of amides is 3. The quantitative estimate of drug-likeness (QED) is 0.0682. The Hall–Kier alpha value is -0.500. The molecule has 40 heavy (non-hydrogen) atoms. The van der Waals surface area contributed by atoms with Crippen molar-refractivity contribution in [3.05, 3.63) is 0 Å². The van der Waals surface area contributed by atoms with E-state index < -0.39 is 25.6 Å². The van der Waals surface area contributed by atoms with E-state index in [0.717, 1.165) is 0 Å². The molecule has 3 unspecified atom stereocenters. The average molecular weight is 639 g/mol. The number of rotatable bonds is 24. The lowest BCUT2D eigenvalue weighted by Crippen LogP contribution is -2.32. The summed E-state index contributed by atoms with van der Waals surface area (Å²) in [6, 6.07) is 0. The summed E-state index contributed by atoms with van der Waals surface area (Å²) in [5.74, 6) is -0.565. The minimum atomic E-state index is -2.44. The van der Waals surface area contributed by atoms with Crippen molar-refractivity contribution in [2.45, 2.75) is 46.5 Å². The molecule has 1 aliphatic rings. The summed E-state index contributed by atoms with van der Waals surface area (Å²) in [5, 5.41) is 2.58. The average Bonchev–Trinajstić information content (AvgIpc) is 3.23. The van der Waals surface area contributed by atoms with Gasteiger partial charge in [0.05, 0.1) is 66.0 Å². The van der Waals surface area contributed by atoms with Crippen LogP contribution < -0.4 is 5.32 Å². The Morgan fingerprint density at radius 1 is 0.775 bits per heavy atom. The van der Waals surface area contributed by atoms with Crippen LogP contribution in [0.25, 0.3) is 0 Å². The summed E-state index contributed by atoms with van der Waals surface area (Å²) in [6.07, 6.45) is 2.26. The van der Waals surface area contributed by atoms with Gasteiger partial charge in [-0.2, -0.15) is 0 Å². The molecule has 3 amide bonds. The van der Waals surface area contributed by atoms with Gasteiger partial charge in [-0.3, -0.25) is 23.6 Å². The molecule has 0 bridgehead atoms. The fraction of sp³-hybridized carbons (Fsp3) is 0.864. The Kier molecular flexibility index (Phi) is 27.0. The highest BCUT2D eigenvalue weighted by molar-refractivity contribution is 7.61. The molecule has 18 heteroatoms. The van der Waals surface area contributed by atoms with Crippen LogP contribution in [-0.4, -0.2) is 116 Å². The Bertz CT molecular complexity index is 653. The molecule has 0 radical (unpaired) electrons. The molecule has 0 spiro atoms. The van der Waals surface area contributed by atoms with E-state index in [1.165, 1.54) is 11.3 Å². The second-order valence-electron chi connectivity index (χ2n) is 7.84. The van der Waals surface area contributed by atoms with Crippen LogP contribution in [0.15, 0.2) is 0 Å². The van der Waals surface area contributed by atoms with E-state index in [4.69, 9.17) is 27.8 Å². The van der Waals surface area contributed by atoms with E-state index in [-0.39, 0.29) is 69.9 Å². The van der Waals surface area contributed by atoms with Crippen molar-refractivity contribution < 1.29 is 61.2 Å². The number of ether oxygens (including phenoxy) is 4. The first kappa shape index (κ1) is 39.5. The van der Waals surface area contributed by atoms with Crippen molar-refractivity contribution in [1.82, 2.24) is 10.2 Å². The molecule has 0 aromatic carbocycles. The van der Waals surface area contributed by atoms with E-state index in [9.17, 15) is 29.1 Å². The van der Waals surface area contributed by atoms with Gasteiger partial charge < -0.3 is 43.5 Å². The van der Waals surface area contributed by atoms with Crippen molar-refractivity contribution in [2.24, 2.45) is 0 Å². The number of hydrogen-bond donors (Lipinski definition) is 4. The van der Waals surface area contributed by atoms with Gasteiger partial charge in [-0.25, -0.2) is 4.31 Å². The molecule has 1 fully saturated rings. The maximum absolute atomic E-state index is 11.7. The molecule has 236 valence electrons. The second-order valence-corrected chi connectivity index (χ2v) is 11.7. The molecule has 15 nitrogen and oxygen atoms in total. The smallest absolute Gasteiger partial charge is 0.342 e. The van der Waals surface area contributed by atoms with E-state index in [1.54, 1.807) is 6.92 Å². The molecule has 0 aliphatic carbocycles. The molecule has 0 aromatic rings. The first-order valence-corrected chi connectivity index (χ1v) is 16.7. The van der Waals surface area contributed by atoms with Crippen molar-refractivity contribution in [1.29, 1.82) is 0 Å². The summed E-state index contributed by atoms with van der Waals surface area (Å²) < 4.78 is 35.7. The van der Waals surface area contributed by atoms with Crippen LogP contribution in [0, 0.1) is 0 Å². The van der Waals surface area contributed by atoms with Crippen LogP contribution in [0.5, 0.6) is 0 Å². The first-order valence-electron chi connectivity index (χ1n) is 13.1. The molecular formula is C22H45N2O13P3. The van der Waals surface area contributed by atoms with Gasteiger partial charge in [-0.1, -0.05) is 27.2 Å². The van der Waals surface area contributed by atoms with E-state index >= 15 is 0 Å². The number of carbonyl (C=O) groups is 3. The lowest BCUT2D eigenvalue weighted by Gasteiger charge is -2.16. The summed E-state index contributed by atoms with van der Waals surface area (Å²) in [6.45, 7) is 8.92. The summed E-state index contributed by atoms with van der Waals surface area (Å²) >= 11 is 0. The van der Waals surface area contributed by atoms with E-state index in [1.807, 2.05) is 0 Å². The second kappa shape index (κ2) is 27.3. The van der Waals surface area contributed by atoms with Crippen LogP contribution in [0.4, 0.5) is 0 Å².